The Hall–Kier alpha value is -2.32. The third-order valence-corrected chi connectivity index (χ3v) is 3.75. The van der Waals surface area contributed by atoms with Crippen molar-refractivity contribution in [3.8, 4) is 11.8 Å². The summed E-state index contributed by atoms with van der Waals surface area (Å²) in [5.41, 5.74) is 1.65. The standard InChI is InChI=1S/C17H20N2O3/c1-12(14-5-3-4-6-16(14)21-2)9-17(20)19-15(10-18)13-7-8-22-11-13/h3-6,9,13,15H,7-8,11H2,1-2H3,(H,19,20)/b12-9+. The molecule has 1 saturated heterocycles. The number of nitriles is 1. The van der Waals surface area contributed by atoms with Crippen LogP contribution in [0.4, 0.5) is 0 Å². The number of ether oxygens (including phenoxy) is 2. The Labute approximate surface area is 130 Å². The number of carbonyl (C=O) groups is 1. The van der Waals surface area contributed by atoms with Crippen LogP contribution in [-0.2, 0) is 9.53 Å². The zero-order valence-corrected chi connectivity index (χ0v) is 12.8. The second-order valence-corrected chi connectivity index (χ2v) is 5.27. The largest absolute Gasteiger partial charge is 0.496 e. The highest BCUT2D eigenvalue weighted by atomic mass is 16.5. The van der Waals surface area contributed by atoms with Crippen molar-refractivity contribution in [1.29, 1.82) is 5.26 Å². The summed E-state index contributed by atoms with van der Waals surface area (Å²) in [7, 11) is 1.60. The minimum Gasteiger partial charge on any atom is -0.496 e. The van der Waals surface area contributed by atoms with Crippen LogP contribution in [0.3, 0.4) is 0 Å². The summed E-state index contributed by atoms with van der Waals surface area (Å²) >= 11 is 0. The molecule has 2 unspecified atom stereocenters. The fourth-order valence-electron chi connectivity index (χ4n) is 2.51. The van der Waals surface area contributed by atoms with E-state index in [2.05, 4.69) is 11.4 Å². The van der Waals surface area contributed by atoms with Crippen molar-refractivity contribution in [3.63, 3.8) is 0 Å². The van der Waals surface area contributed by atoms with Crippen LogP contribution in [0.15, 0.2) is 30.3 Å². The number of para-hydroxylation sites is 1. The molecule has 1 heterocycles. The number of carbonyl (C=O) groups excluding carboxylic acids is 1. The van der Waals surface area contributed by atoms with Gasteiger partial charge in [0.15, 0.2) is 0 Å². The van der Waals surface area contributed by atoms with Gasteiger partial charge in [0, 0.05) is 24.2 Å². The van der Waals surface area contributed by atoms with Gasteiger partial charge in [0.1, 0.15) is 11.8 Å². The van der Waals surface area contributed by atoms with Crippen molar-refractivity contribution in [2.75, 3.05) is 20.3 Å². The molecule has 0 spiro atoms. The molecular formula is C17H20N2O3. The number of rotatable bonds is 5. The first-order valence-electron chi connectivity index (χ1n) is 7.25. The quantitative estimate of drug-likeness (QED) is 0.846. The maximum Gasteiger partial charge on any atom is 0.245 e. The van der Waals surface area contributed by atoms with Gasteiger partial charge in [-0.1, -0.05) is 18.2 Å². The van der Waals surface area contributed by atoms with Gasteiger partial charge in [-0.25, -0.2) is 0 Å². The lowest BCUT2D eigenvalue weighted by Crippen LogP contribution is -2.38. The number of hydrogen-bond acceptors (Lipinski definition) is 4. The highest BCUT2D eigenvalue weighted by Gasteiger charge is 2.26. The highest BCUT2D eigenvalue weighted by molar-refractivity contribution is 5.95. The number of nitrogens with one attached hydrogen (secondary N) is 1. The van der Waals surface area contributed by atoms with Crippen LogP contribution in [-0.4, -0.2) is 32.3 Å². The van der Waals surface area contributed by atoms with Crippen molar-refractivity contribution < 1.29 is 14.3 Å². The molecule has 116 valence electrons. The Morgan fingerprint density at radius 3 is 2.95 bits per heavy atom. The van der Waals surface area contributed by atoms with Gasteiger partial charge < -0.3 is 14.8 Å². The molecule has 0 aliphatic carbocycles. The second kappa shape index (κ2) is 7.62. The number of nitrogens with zero attached hydrogens (tertiary/aromatic N) is 1. The molecule has 1 fully saturated rings. The van der Waals surface area contributed by atoms with E-state index in [1.165, 1.54) is 6.08 Å². The van der Waals surface area contributed by atoms with Gasteiger partial charge in [0.2, 0.25) is 5.91 Å². The minimum absolute atomic E-state index is 0.0638. The molecule has 0 bridgehead atoms. The SMILES string of the molecule is COc1ccccc1/C(C)=C/C(=O)NC(C#N)C1CCOC1. The Balaban J connectivity index is 2.07. The molecule has 2 atom stereocenters. The van der Waals surface area contributed by atoms with E-state index in [4.69, 9.17) is 9.47 Å². The summed E-state index contributed by atoms with van der Waals surface area (Å²) in [4.78, 5) is 12.1. The molecule has 5 heteroatoms. The van der Waals surface area contributed by atoms with Crippen LogP contribution >= 0.6 is 0 Å². The molecule has 0 saturated carbocycles. The molecule has 0 radical (unpaired) electrons. The molecule has 1 aliphatic rings. The van der Waals surface area contributed by atoms with Crippen LogP contribution in [0.25, 0.3) is 5.57 Å². The van der Waals surface area contributed by atoms with E-state index < -0.39 is 6.04 Å². The molecule has 1 amide bonds. The molecule has 22 heavy (non-hydrogen) atoms. The van der Waals surface area contributed by atoms with E-state index in [1.807, 2.05) is 31.2 Å². The normalized spacial score (nSPS) is 19.3. The van der Waals surface area contributed by atoms with Crippen molar-refractivity contribution in [3.05, 3.63) is 35.9 Å². The van der Waals surface area contributed by atoms with Crippen molar-refractivity contribution in [2.24, 2.45) is 5.92 Å². The smallest absolute Gasteiger partial charge is 0.245 e. The molecule has 1 aromatic carbocycles. The fraction of sp³-hybridized carbons (Fsp3) is 0.412. The minimum atomic E-state index is -0.517. The van der Waals surface area contributed by atoms with E-state index in [0.717, 1.165) is 17.6 Å². The zero-order chi connectivity index (χ0) is 15.9. The summed E-state index contributed by atoms with van der Waals surface area (Å²) in [6, 6.07) is 9.13. The molecule has 2 rings (SSSR count). The maximum absolute atomic E-state index is 12.1. The third-order valence-electron chi connectivity index (χ3n) is 3.75. The predicted octanol–water partition coefficient (Wildman–Crippen LogP) is 2.14. The second-order valence-electron chi connectivity index (χ2n) is 5.27. The monoisotopic (exact) mass is 300 g/mol. The van der Waals surface area contributed by atoms with E-state index in [0.29, 0.717) is 19.0 Å². The molecule has 1 aromatic rings. The first-order chi connectivity index (χ1) is 10.7. The first kappa shape index (κ1) is 16.1. The maximum atomic E-state index is 12.1. The highest BCUT2D eigenvalue weighted by Crippen LogP contribution is 2.25. The first-order valence-corrected chi connectivity index (χ1v) is 7.25. The van der Waals surface area contributed by atoms with E-state index >= 15 is 0 Å². The van der Waals surface area contributed by atoms with Crippen LogP contribution in [0.2, 0.25) is 0 Å². The Bertz CT molecular complexity index is 598. The molecular weight excluding hydrogens is 280 g/mol. The summed E-state index contributed by atoms with van der Waals surface area (Å²) < 4.78 is 10.6. The summed E-state index contributed by atoms with van der Waals surface area (Å²) in [6.45, 7) is 3.01. The Morgan fingerprint density at radius 2 is 2.32 bits per heavy atom. The average Bonchev–Trinajstić information content (AvgIpc) is 3.06. The van der Waals surface area contributed by atoms with Crippen molar-refractivity contribution in [2.45, 2.75) is 19.4 Å². The number of allylic oxidation sites excluding steroid dienone is 1. The predicted molar refractivity (Wildman–Crippen MR) is 83.1 cm³/mol. The average molecular weight is 300 g/mol. The number of hydrogen-bond donors (Lipinski definition) is 1. The number of methoxy groups -OCH3 is 1. The van der Waals surface area contributed by atoms with Crippen LogP contribution in [0, 0.1) is 17.2 Å². The summed E-state index contributed by atoms with van der Waals surface area (Å²) in [5.74, 6) is 0.501. The molecule has 0 aromatic heterocycles. The van der Waals surface area contributed by atoms with Crippen LogP contribution in [0.5, 0.6) is 5.75 Å². The number of amides is 1. The molecule has 1 N–H and O–H groups in total. The lowest BCUT2D eigenvalue weighted by Gasteiger charge is -2.16. The van der Waals surface area contributed by atoms with Gasteiger partial charge in [-0.2, -0.15) is 5.26 Å². The summed E-state index contributed by atoms with van der Waals surface area (Å²) in [5, 5.41) is 12.0. The van der Waals surface area contributed by atoms with Crippen molar-refractivity contribution in [1.82, 2.24) is 5.32 Å². The topological polar surface area (TPSA) is 71.3 Å². The van der Waals surface area contributed by atoms with E-state index in [1.54, 1.807) is 7.11 Å². The third kappa shape index (κ3) is 3.86. The van der Waals surface area contributed by atoms with Crippen molar-refractivity contribution >= 4 is 11.5 Å². The van der Waals surface area contributed by atoms with Gasteiger partial charge in [0.25, 0.3) is 0 Å². The fourth-order valence-corrected chi connectivity index (χ4v) is 2.51. The van der Waals surface area contributed by atoms with Gasteiger partial charge >= 0.3 is 0 Å². The molecule has 1 aliphatic heterocycles. The van der Waals surface area contributed by atoms with Crippen LogP contribution < -0.4 is 10.1 Å². The van der Waals surface area contributed by atoms with Gasteiger partial charge in [-0.15, -0.1) is 0 Å². The van der Waals surface area contributed by atoms with Crippen LogP contribution in [0.1, 0.15) is 18.9 Å². The van der Waals surface area contributed by atoms with Gasteiger partial charge in [-0.05, 0) is 25.0 Å². The van der Waals surface area contributed by atoms with E-state index in [9.17, 15) is 10.1 Å². The number of benzene rings is 1. The lowest BCUT2D eigenvalue weighted by molar-refractivity contribution is -0.117. The zero-order valence-electron chi connectivity index (χ0n) is 12.8. The Kier molecular flexibility index (Phi) is 5.56. The van der Waals surface area contributed by atoms with Gasteiger partial charge in [-0.3, -0.25) is 4.79 Å². The van der Waals surface area contributed by atoms with Gasteiger partial charge in [0.05, 0.1) is 19.8 Å². The lowest BCUT2D eigenvalue weighted by atomic mass is 10.00. The Morgan fingerprint density at radius 1 is 1.55 bits per heavy atom. The summed E-state index contributed by atoms with van der Waals surface area (Å²) in [6.07, 6.45) is 2.30. The van der Waals surface area contributed by atoms with E-state index in [-0.39, 0.29) is 11.8 Å². The molecule has 5 nitrogen and oxygen atoms in total.